The number of aliphatic imine (C=N–C) groups is 1. The van der Waals surface area contributed by atoms with Crippen LogP contribution in [0.5, 0.6) is 0 Å². The number of amides is 3. The van der Waals surface area contributed by atoms with Gasteiger partial charge >= 0.3 is 0 Å². The van der Waals surface area contributed by atoms with Crippen LogP contribution in [0.2, 0.25) is 0 Å². The van der Waals surface area contributed by atoms with Gasteiger partial charge in [-0.25, -0.2) is 15.0 Å². The van der Waals surface area contributed by atoms with E-state index in [4.69, 9.17) is 39.1 Å². The Morgan fingerprint density at radius 3 is 2.43 bits per heavy atom. The van der Waals surface area contributed by atoms with Crippen molar-refractivity contribution in [2.45, 2.75) is 103 Å². The molecule has 3 amide bonds. The van der Waals surface area contributed by atoms with Crippen LogP contribution in [0, 0.1) is 5.92 Å². The third-order valence-corrected chi connectivity index (χ3v) is 10.1. The number of nitrogens with one attached hydrogen (secondary N) is 3. The minimum Gasteiger partial charge on any atom is -0.498 e. The van der Waals surface area contributed by atoms with E-state index >= 15 is 0 Å². The van der Waals surface area contributed by atoms with Gasteiger partial charge in [0, 0.05) is 58.6 Å². The summed E-state index contributed by atoms with van der Waals surface area (Å²) in [5, 5.41) is 18.6. The van der Waals surface area contributed by atoms with Crippen molar-refractivity contribution >= 4 is 41.4 Å². The lowest BCUT2D eigenvalue weighted by Crippen LogP contribution is -2.63. The zero-order valence-corrected chi connectivity index (χ0v) is 37.3. The maximum atomic E-state index is 13.3. The Morgan fingerprint density at radius 2 is 1.73 bits per heavy atom. The van der Waals surface area contributed by atoms with Gasteiger partial charge in [0.25, 0.3) is 0 Å². The van der Waals surface area contributed by atoms with Gasteiger partial charge in [0.2, 0.25) is 17.7 Å². The number of aliphatic hydroxyl groups excluding tert-OH is 1. The fraction of sp³-hybridized carbons (Fsp3) is 0.732. The van der Waals surface area contributed by atoms with E-state index < -0.39 is 24.7 Å². The molecule has 63 heavy (non-hydrogen) atoms. The van der Waals surface area contributed by atoms with Gasteiger partial charge in [-0.05, 0) is 45.7 Å². The average Bonchev–Trinajstić information content (AvgIpc) is 3.68. The van der Waals surface area contributed by atoms with Gasteiger partial charge in [-0.15, -0.1) is 5.06 Å². The van der Waals surface area contributed by atoms with E-state index in [0.717, 1.165) is 6.42 Å². The van der Waals surface area contributed by atoms with Gasteiger partial charge in [0.15, 0.2) is 30.1 Å². The summed E-state index contributed by atoms with van der Waals surface area (Å²) in [7, 11) is 0. The van der Waals surface area contributed by atoms with Gasteiger partial charge in [-0.2, -0.15) is 5.48 Å². The molecule has 0 aliphatic carbocycles. The summed E-state index contributed by atoms with van der Waals surface area (Å²) in [6.45, 7) is 18.4. The van der Waals surface area contributed by atoms with Crippen molar-refractivity contribution in [3.8, 4) is 0 Å². The number of morpholine rings is 1. The van der Waals surface area contributed by atoms with Crippen molar-refractivity contribution < 1.29 is 52.8 Å². The van der Waals surface area contributed by atoms with E-state index in [9.17, 15) is 19.5 Å². The quantitative estimate of drug-likeness (QED) is 0.132. The predicted octanol–water partition coefficient (Wildman–Crippen LogP) is 1.23. The van der Waals surface area contributed by atoms with Crippen molar-refractivity contribution in [1.29, 1.82) is 0 Å². The number of carbonyl (C=O) groups excluding carboxylic acids is 3. The fourth-order valence-corrected chi connectivity index (χ4v) is 6.65. The second-order valence-electron chi connectivity index (χ2n) is 16.1. The number of nitrogens with zero attached hydrogens (tertiary/aromatic N) is 7. The van der Waals surface area contributed by atoms with Crippen LogP contribution in [0.1, 0.15) is 78.9 Å². The number of anilines is 1. The maximum Gasteiger partial charge on any atom is 0.226 e. The zero-order chi connectivity index (χ0) is 45.6. The van der Waals surface area contributed by atoms with Crippen LogP contribution in [-0.4, -0.2) is 169 Å². The summed E-state index contributed by atoms with van der Waals surface area (Å²) in [6.07, 6.45) is 1.61. The van der Waals surface area contributed by atoms with Gasteiger partial charge in [-0.3, -0.25) is 28.6 Å². The van der Waals surface area contributed by atoms with Crippen LogP contribution in [0.3, 0.4) is 0 Å². The Kier molecular flexibility index (Phi) is 22.0. The fourth-order valence-electron chi connectivity index (χ4n) is 6.65. The lowest BCUT2D eigenvalue weighted by atomic mass is 10.0. The lowest BCUT2D eigenvalue weighted by molar-refractivity contribution is -0.371. The number of rotatable bonds is 14. The van der Waals surface area contributed by atoms with Crippen LogP contribution < -0.4 is 21.8 Å². The van der Waals surface area contributed by atoms with Gasteiger partial charge in [-0.1, -0.05) is 20.4 Å². The molecule has 4 atom stereocenters. The number of hydroxylamine groups is 3. The van der Waals surface area contributed by atoms with Crippen molar-refractivity contribution in [3.63, 3.8) is 0 Å². The Bertz CT molecular complexity index is 1730. The molecule has 0 saturated carbocycles. The second-order valence-corrected chi connectivity index (χ2v) is 16.1. The number of hydrogen-bond acceptors (Lipinski definition) is 18. The first-order chi connectivity index (χ1) is 30.3. The topological polar surface area (TPSA) is 261 Å². The van der Waals surface area contributed by atoms with Crippen molar-refractivity contribution in [1.82, 2.24) is 45.6 Å². The summed E-state index contributed by atoms with van der Waals surface area (Å²) < 4.78 is 31.3. The summed E-state index contributed by atoms with van der Waals surface area (Å²) in [4.78, 5) is 69.0. The van der Waals surface area contributed by atoms with E-state index in [1.807, 2.05) is 27.7 Å². The smallest absolute Gasteiger partial charge is 0.226 e. The summed E-state index contributed by atoms with van der Waals surface area (Å²) in [6, 6.07) is 0. The molecule has 0 spiro atoms. The average molecular weight is 892 g/mol. The Morgan fingerprint density at radius 1 is 1.02 bits per heavy atom. The van der Waals surface area contributed by atoms with Crippen LogP contribution in [0.15, 0.2) is 30.0 Å². The number of fused-ring (bicyclic) bond motifs is 2. The largest absolute Gasteiger partial charge is 0.498 e. The Hall–Kier alpha value is -4.39. The molecule has 2 aliphatic rings. The summed E-state index contributed by atoms with van der Waals surface area (Å²) >= 11 is 0. The highest BCUT2D eigenvalue weighted by molar-refractivity contribution is 5.81. The van der Waals surface area contributed by atoms with Crippen LogP contribution in [0.25, 0.3) is 11.2 Å². The molecule has 2 aliphatic heterocycles. The number of carbonyl (C=O) groups is 3. The molecule has 22 heteroatoms. The molecule has 4 heterocycles. The molecule has 6 N–H and O–H groups in total. The SMILES string of the molecule is C=NCCC(C)(C)OCCC(=C)OCCC(=O)N1CCNC(=O)CCOCCCONC2[C@H](n3cnc4c(N)ncnc43)OC(CC(C)C)C(O)N2OCCOCCC(=O)NCC1. The van der Waals surface area contributed by atoms with Crippen LogP contribution >= 0.6 is 0 Å². The number of aromatic nitrogens is 4. The highest BCUT2D eigenvalue weighted by Gasteiger charge is 2.46. The summed E-state index contributed by atoms with van der Waals surface area (Å²) in [5.41, 5.74) is 9.52. The number of aliphatic hydroxyl groups is 1. The first-order valence-electron chi connectivity index (χ1n) is 21.7. The molecule has 2 fully saturated rings. The molecule has 22 nitrogen and oxygen atoms in total. The normalized spacial score (nSPS) is 22.9. The van der Waals surface area contributed by atoms with Gasteiger partial charge in [0.1, 0.15) is 17.9 Å². The van der Waals surface area contributed by atoms with E-state index in [1.54, 1.807) is 9.47 Å². The molecule has 2 saturated heterocycles. The van der Waals surface area contributed by atoms with E-state index in [-0.39, 0.29) is 120 Å². The van der Waals surface area contributed by atoms with Gasteiger partial charge < -0.3 is 55.1 Å². The standard InChI is InChI=1S/C41H69N11O11/c1-29(2)26-31-39(56)52-38(40(63-31)51-28-48-35-36(42)46-27-47-37(35)51)49-61-19-7-18-57-20-9-32(53)44-14-16-50(17-15-45-33(54)10-21-58-24-25-62-52)34(55)11-22-59-30(3)8-23-60-41(4,5)12-13-43-6/h27-29,31,38-40,49,56H,3,6-26H2,1-2,4-5H3,(H,44,53)(H,45,54)(H2,42,46,47)/t31?,38?,39?,40-/m1/s1. The molecule has 2 aromatic rings. The molecule has 0 radical (unpaired) electrons. The molecule has 0 bridgehead atoms. The lowest BCUT2D eigenvalue weighted by Gasteiger charge is -2.47. The Labute approximate surface area is 369 Å². The molecular weight excluding hydrogens is 823 g/mol. The molecular formula is C41H69N11O11. The minimum atomic E-state index is -1.21. The first-order valence-corrected chi connectivity index (χ1v) is 21.7. The molecule has 2 aromatic heterocycles. The van der Waals surface area contributed by atoms with Crippen molar-refractivity contribution in [2.75, 3.05) is 91.3 Å². The molecule has 0 aromatic carbocycles. The van der Waals surface area contributed by atoms with Crippen LogP contribution in [-0.2, 0) is 47.7 Å². The third-order valence-electron chi connectivity index (χ3n) is 10.1. The maximum absolute atomic E-state index is 13.3. The predicted molar refractivity (Wildman–Crippen MR) is 231 cm³/mol. The molecule has 3 unspecified atom stereocenters. The van der Waals surface area contributed by atoms with Crippen molar-refractivity contribution in [3.05, 3.63) is 25.0 Å². The first kappa shape index (κ1) is 51.2. The highest BCUT2D eigenvalue weighted by Crippen LogP contribution is 2.34. The van der Waals surface area contributed by atoms with E-state index in [1.165, 1.54) is 17.7 Å². The zero-order valence-electron chi connectivity index (χ0n) is 37.3. The monoisotopic (exact) mass is 892 g/mol. The number of hydrogen-bond donors (Lipinski definition) is 5. The van der Waals surface area contributed by atoms with Crippen molar-refractivity contribution in [2.24, 2.45) is 10.9 Å². The van der Waals surface area contributed by atoms with E-state index in [2.05, 4.69) is 49.4 Å². The molecule has 4 rings (SSSR count). The number of imidazole rings is 1. The Balaban J connectivity index is 1.34. The van der Waals surface area contributed by atoms with Crippen LogP contribution in [0.4, 0.5) is 5.82 Å². The number of nitrogens with two attached hydrogens (primary N) is 1. The van der Waals surface area contributed by atoms with Gasteiger partial charge in [0.05, 0.1) is 70.4 Å². The third kappa shape index (κ3) is 17.6. The highest BCUT2D eigenvalue weighted by atomic mass is 16.7. The summed E-state index contributed by atoms with van der Waals surface area (Å²) in [5.74, 6) is 0.168. The number of ether oxygens (including phenoxy) is 5. The van der Waals surface area contributed by atoms with E-state index in [0.29, 0.717) is 55.9 Å². The number of nitrogen functional groups attached to an aromatic ring is 1. The minimum absolute atomic E-state index is 0.0203. The molecule has 354 valence electrons. The second kappa shape index (κ2) is 27.1.